The molecule has 2 rings (SSSR count). The molecule has 1 aromatic heterocycles. The molecule has 90 valence electrons. The molecule has 2 heterocycles. The Morgan fingerprint density at radius 3 is 2.59 bits per heavy atom. The van der Waals surface area contributed by atoms with Gasteiger partial charge in [-0.3, -0.25) is 4.99 Å². The summed E-state index contributed by atoms with van der Waals surface area (Å²) >= 11 is 0. The van der Waals surface area contributed by atoms with E-state index in [2.05, 4.69) is 15.0 Å². The second-order valence-corrected chi connectivity index (χ2v) is 3.70. The van der Waals surface area contributed by atoms with E-state index in [4.69, 9.17) is 0 Å². The number of allylic oxidation sites excluding steroid dienone is 1. The van der Waals surface area contributed by atoms with Crippen molar-refractivity contribution >= 4 is 11.9 Å². The Labute approximate surface area is 96.1 Å². The third-order valence-corrected chi connectivity index (χ3v) is 2.33. The fraction of sp³-hybridized carbons (Fsp3) is 0.364. The molecule has 0 spiro atoms. The molecule has 0 aliphatic carbocycles. The van der Waals surface area contributed by atoms with E-state index in [0.29, 0.717) is 5.70 Å². The van der Waals surface area contributed by atoms with E-state index in [9.17, 15) is 13.2 Å². The van der Waals surface area contributed by atoms with Gasteiger partial charge in [0.15, 0.2) is 11.5 Å². The van der Waals surface area contributed by atoms with Gasteiger partial charge < -0.3 is 0 Å². The van der Waals surface area contributed by atoms with Crippen LogP contribution < -0.4 is 0 Å². The number of halogens is 3. The van der Waals surface area contributed by atoms with Crippen LogP contribution in [0.25, 0.3) is 5.70 Å². The lowest BCUT2D eigenvalue weighted by Gasteiger charge is -2.11. The summed E-state index contributed by atoms with van der Waals surface area (Å²) in [6.07, 6.45) is 1.66. The van der Waals surface area contributed by atoms with Crippen LogP contribution >= 0.6 is 0 Å². The van der Waals surface area contributed by atoms with E-state index in [0.717, 1.165) is 12.8 Å². The molecule has 0 saturated heterocycles. The van der Waals surface area contributed by atoms with Crippen LogP contribution in [-0.2, 0) is 6.18 Å². The molecule has 0 amide bonds. The molecule has 6 heteroatoms. The molecule has 0 bridgehead atoms. The van der Waals surface area contributed by atoms with Crippen LogP contribution in [0.2, 0.25) is 0 Å². The molecule has 3 nitrogen and oxygen atoms in total. The van der Waals surface area contributed by atoms with E-state index in [-0.39, 0.29) is 11.4 Å². The number of aryl methyl sites for hydroxylation is 1. The number of nitrogens with zero attached hydrogens (tertiary/aromatic N) is 3. The Morgan fingerprint density at radius 1 is 1.24 bits per heavy atom. The number of rotatable bonds is 1. The van der Waals surface area contributed by atoms with Crippen molar-refractivity contribution < 1.29 is 13.2 Å². The van der Waals surface area contributed by atoms with E-state index in [1.807, 2.05) is 0 Å². The van der Waals surface area contributed by atoms with Gasteiger partial charge in [-0.2, -0.15) is 13.2 Å². The minimum atomic E-state index is -4.46. The summed E-state index contributed by atoms with van der Waals surface area (Å²) in [6, 6.07) is 0. The molecule has 0 fully saturated rings. The minimum absolute atomic E-state index is 0.0154. The number of aromatic nitrogens is 2. The molecule has 1 aliphatic heterocycles. The largest absolute Gasteiger partial charge is 0.433 e. The van der Waals surface area contributed by atoms with Gasteiger partial charge in [-0.05, 0) is 25.3 Å². The Hall–Kier alpha value is -1.72. The molecular formula is C11H10F3N3. The van der Waals surface area contributed by atoms with E-state index < -0.39 is 11.9 Å². The van der Waals surface area contributed by atoms with Gasteiger partial charge in [0.25, 0.3) is 0 Å². The predicted molar refractivity (Wildman–Crippen MR) is 57.5 cm³/mol. The van der Waals surface area contributed by atoms with Crippen LogP contribution in [0.15, 0.2) is 17.3 Å². The third-order valence-electron chi connectivity index (χ3n) is 2.33. The molecule has 1 aliphatic rings. The zero-order valence-electron chi connectivity index (χ0n) is 9.12. The van der Waals surface area contributed by atoms with Gasteiger partial charge in [0.2, 0.25) is 0 Å². The molecule has 1 aromatic rings. The van der Waals surface area contributed by atoms with Crippen molar-refractivity contribution in [3.63, 3.8) is 0 Å². The summed E-state index contributed by atoms with van der Waals surface area (Å²) in [4.78, 5) is 11.4. The summed E-state index contributed by atoms with van der Waals surface area (Å²) < 4.78 is 37.9. The normalized spacial score (nSPS) is 15.9. The molecule has 0 unspecified atom stereocenters. The van der Waals surface area contributed by atoms with Crippen LogP contribution in [-0.4, -0.2) is 16.2 Å². The highest BCUT2D eigenvalue weighted by Gasteiger charge is 2.35. The standard InChI is InChI=1S/C11H10F3N3/c1-7-6-16-10(8-4-2-3-5-15-8)17-9(7)11(12,13)14/h4-6H,2-3H2,1H3. The van der Waals surface area contributed by atoms with Gasteiger partial charge in [0, 0.05) is 12.4 Å². The zero-order chi connectivity index (χ0) is 12.5. The van der Waals surface area contributed by atoms with Crippen molar-refractivity contribution in [1.82, 2.24) is 9.97 Å². The highest BCUT2D eigenvalue weighted by molar-refractivity contribution is 5.73. The first-order valence-corrected chi connectivity index (χ1v) is 5.12. The fourth-order valence-electron chi connectivity index (χ4n) is 1.51. The SMILES string of the molecule is Cc1cnc(C2=CCCC=N2)nc1C(F)(F)F. The van der Waals surface area contributed by atoms with Gasteiger partial charge in [-0.15, -0.1) is 0 Å². The number of hydrogen-bond acceptors (Lipinski definition) is 3. The molecule has 0 N–H and O–H groups in total. The topological polar surface area (TPSA) is 38.1 Å². The van der Waals surface area contributed by atoms with Gasteiger partial charge in [-0.1, -0.05) is 6.08 Å². The van der Waals surface area contributed by atoms with Crippen molar-refractivity contribution in [2.24, 2.45) is 4.99 Å². The summed E-state index contributed by atoms with van der Waals surface area (Å²) in [5, 5.41) is 0. The smallest absolute Gasteiger partial charge is 0.258 e. The second kappa shape index (κ2) is 4.27. The maximum absolute atomic E-state index is 12.6. The maximum atomic E-state index is 12.6. The van der Waals surface area contributed by atoms with E-state index in [1.165, 1.54) is 13.1 Å². The van der Waals surface area contributed by atoms with E-state index in [1.54, 1.807) is 12.3 Å². The average molecular weight is 241 g/mol. The van der Waals surface area contributed by atoms with Crippen LogP contribution in [0.1, 0.15) is 29.9 Å². The monoisotopic (exact) mass is 241 g/mol. The predicted octanol–water partition coefficient (Wildman–Crippen LogP) is 3.01. The lowest BCUT2D eigenvalue weighted by Crippen LogP contribution is -2.13. The number of alkyl halides is 3. The fourth-order valence-corrected chi connectivity index (χ4v) is 1.51. The van der Waals surface area contributed by atoms with Crippen LogP contribution in [0.3, 0.4) is 0 Å². The Morgan fingerprint density at radius 2 is 2.00 bits per heavy atom. The van der Waals surface area contributed by atoms with Crippen molar-refractivity contribution in [3.05, 3.63) is 29.4 Å². The van der Waals surface area contributed by atoms with Crippen molar-refractivity contribution in [3.8, 4) is 0 Å². The maximum Gasteiger partial charge on any atom is 0.433 e. The summed E-state index contributed by atoms with van der Waals surface area (Å²) in [6.45, 7) is 1.34. The van der Waals surface area contributed by atoms with Crippen LogP contribution in [0.4, 0.5) is 13.2 Å². The summed E-state index contributed by atoms with van der Waals surface area (Å²) in [5.74, 6) is 0.0267. The van der Waals surface area contributed by atoms with Gasteiger partial charge >= 0.3 is 6.18 Å². The highest BCUT2D eigenvalue weighted by atomic mass is 19.4. The van der Waals surface area contributed by atoms with Crippen molar-refractivity contribution in [2.45, 2.75) is 25.9 Å². The second-order valence-electron chi connectivity index (χ2n) is 3.70. The molecule has 0 aromatic carbocycles. The summed E-state index contributed by atoms with van der Waals surface area (Å²) in [7, 11) is 0. The first kappa shape index (κ1) is 11.8. The van der Waals surface area contributed by atoms with Gasteiger partial charge in [0.1, 0.15) is 5.70 Å². The minimum Gasteiger partial charge on any atom is -0.258 e. The first-order chi connectivity index (χ1) is 7.98. The highest BCUT2D eigenvalue weighted by Crippen LogP contribution is 2.30. The molecule has 0 radical (unpaired) electrons. The lowest BCUT2D eigenvalue weighted by atomic mass is 10.2. The van der Waals surface area contributed by atoms with Crippen LogP contribution in [0, 0.1) is 6.92 Å². The van der Waals surface area contributed by atoms with Gasteiger partial charge in [-0.25, -0.2) is 9.97 Å². The Kier molecular flexibility index (Phi) is 2.95. The quantitative estimate of drug-likeness (QED) is 0.758. The summed E-state index contributed by atoms with van der Waals surface area (Å²) in [5.41, 5.74) is -0.479. The van der Waals surface area contributed by atoms with Crippen molar-refractivity contribution in [1.29, 1.82) is 0 Å². The first-order valence-electron chi connectivity index (χ1n) is 5.12. The molecular weight excluding hydrogens is 231 g/mol. The zero-order valence-corrected chi connectivity index (χ0v) is 9.12. The third kappa shape index (κ3) is 2.51. The van der Waals surface area contributed by atoms with Gasteiger partial charge in [0.05, 0.1) is 0 Å². The number of aliphatic imine (C=N–C) groups is 1. The van der Waals surface area contributed by atoms with E-state index >= 15 is 0 Å². The Bertz CT molecular complexity index is 489. The van der Waals surface area contributed by atoms with Crippen LogP contribution in [0.5, 0.6) is 0 Å². The molecule has 0 atom stereocenters. The lowest BCUT2D eigenvalue weighted by molar-refractivity contribution is -0.141. The Balaban J connectivity index is 2.44. The number of hydrogen-bond donors (Lipinski definition) is 0. The average Bonchev–Trinajstić information content (AvgIpc) is 2.29. The molecule has 17 heavy (non-hydrogen) atoms. The molecule has 0 saturated carbocycles. The van der Waals surface area contributed by atoms with Crippen molar-refractivity contribution in [2.75, 3.05) is 0 Å².